The number of hydrogen-bond donors (Lipinski definition) is 0. The van der Waals surface area contributed by atoms with Gasteiger partial charge in [-0.1, -0.05) is 29.8 Å². The average Bonchev–Trinajstić information content (AvgIpc) is 2.61. The number of benzene rings is 2. The van der Waals surface area contributed by atoms with Crippen LogP contribution in [0.5, 0.6) is 5.75 Å². The molecule has 2 aromatic rings. The molecule has 0 bridgehead atoms. The van der Waals surface area contributed by atoms with E-state index in [1.807, 2.05) is 11.0 Å². The molecular formula is C19H21ClN2O2. The largest absolute Gasteiger partial charge is 0.484 e. The molecule has 0 aliphatic carbocycles. The summed E-state index contributed by atoms with van der Waals surface area (Å²) >= 11 is 5.84. The predicted molar refractivity (Wildman–Crippen MR) is 96.9 cm³/mol. The van der Waals surface area contributed by atoms with E-state index >= 15 is 0 Å². The van der Waals surface area contributed by atoms with Crippen molar-refractivity contribution in [3.05, 3.63) is 59.1 Å². The molecule has 3 rings (SSSR count). The number of aryl methyl sites for hydroxylation is 1. The number of halogens is 1. The molecule has 24 heavy (non-hydrogen) atoms. The number of anilines is 1. The molecule has 126 valence electrons. The molecule has 1 aliphatic heterocycles. The van der Waals surface area contributed by atoms with Gasteiger partial charge in [-0.05, 0) is 42.8 Å². The van der Waals surface area contributed by atoms with Crippen LogP contribution in [0.3, 0.4) is 0 Å². The molecule has 0 atom stereocenters. The van der Waals surface area contributed by atoms with Gasteiger partial charge in [0.25, 0.3) is 5.91 Å². The highest BCUT2D eigenvalue weighted by Gasteiger charge is 2.22. The monoisotopic (exact) mass is 344 g/mol. The Labute approximate surface area is 147 Å². The molecule has 2 aromatic carbocycles. The molecule has 1 saturated heterocycles. The second-order valence-electron chi connectivity index (χ2n) is 5.90. The topological polar surface area (TPSA) is 32.8 Å². The lowest BCUT2D eigenvalue weighted by molar-refractivity contribution is -0.133. The summed E-state index contributed by atoms with van der Waals surface area (Å²) in [6.45, 7) is 5.31. The van der Waals surface area contributed by atoms with E-state index < -0.39 is 0 Å². The van der Waals surface area contributed by atoms with E-state index in [0.29, 0.717) is 10.8 Å². The van der Waals surface area contributed by atoms with Crippen LogP contribution in [-0.4, -0.2) is 43.6 Å². The zero-order chi connectivity index (χ0) is 16.9. The van der Waals surface area contributed by atoms with Crippen LogP contribution in [-0.2, 0) is 4.79 Å². The Morgan fingerprint density at radius 1 is 1.04 bits per heavy atom. The molecular weight excluding hydrogens is 324 g/mol. The van der Waals surface area contributed by atoms with E-state index in [-0.39, 0.29) is 12.5 Å². The fourth-order valence-corrected chi connectivity index (χ4v) is 3.01. The first-order chi connectivity index (χ1) is 11.6. The molecule has 5 heteroatoms. The van der Waals surface area contributed by atoms with Crippen molar-refractivity contribution < 1.29 is 9.53 Å². The van der Waals surface area contributed by atoms with Gasteiger partial charge in [-0.15, -0.1) is 0 Å². The number of nitrogens with zero attached hydrogens (tertiary/aromatic N) is 2. The Hall–Kier alpha value is -2.20. The van der Waals surface area contributed by atoms with Crippen LogP contribution in [0.1, 0.15) is 5.56 Å². The molecule has 4 nitrogen and oxygen atoms in total. The third-order valence-electron chi connectivity index (χ3n) is 4.26. The quantitative estimate of drug-likeness (QED) is 0.852. The van der Waals surface area contributed by atoms with E-state index in [1.165, 1.54) is 11.3 Å². The molecule has 1 fully saturated rings. The van der Waals surface area contributed by atoms with Crippen molar-refractivity contribution in [2.24, 2.45) is 0 Å². The number of amides is 1. The van der Waals surface area contributed by atoms with E-state index in [4.69, 9.17) is 16.3 Å². The molecule has 1 amide bonds. The second-order valence-corrected chi connectivity index (χ2v) is 6.33. The van der Waals surface area contributed by atoms with Gasteiger partial charge in [-0.2, -0.15) is 0 Å². The Morgan fingerprint density at radius 3 is 2.38 bits per heavy atom. The summed E-state index contributed by atoms with van der Waals surface area (Å²) in [7, 11) is 0. The lowest BCUT2D eigenvalue weighted by Gasteiger charge is -2.36. The SMILES string of the molecule is Cc1ccccc1N1CCN(C(=O)COc2ccc(Cl)cc2)CC1. The molecule has 1 heterocycles. The standard InChI is InChI=1S/C19H21ClN2O2/c1-15-4-2-3-5-18(15)21-10-12-22(13-11-21)19(23)14-24-17-8-6-16(20)7-9-17/h2-9H,10-14H2,1H3. The van der Waals surface area contributed by atoms with E-state index in [9.17, 15) is 4.79 Å². The lowest BCUT2D eigenvalue weighted by Crippen LogP contribution is -2.50. The van der Waals surface area contributed by atoms with Gasteiger partial charge < -0.3 is 14.5 Å². The summed E-state index contributed by atoms with van der Waals surface area (Å²) in [6, 6.07) is 15.4. The Bertz CT molecular complexity index is 695. The van der Waals surface area contributed by atoms with Gasteiger partial charge in [0, 0.05) is 36.9 Å². The van der Waals surface area contributed by atoms with Crippen LogP contribution in [0.4, 0.5) is 5.69 Å². The molecule has 0 aromatic heterocycles. The van der Waals surface area contributed by atoms with Crippen molar-refractivity contribution in [3.63, 3.8) is 0 Å². The molecule has 0 unspecified atom stereocenters. The normalized spacial score (nSPS) is 14.6. The van der Waals surface area contributed by atoms with E-state index in [2.05, 4.69) is 30.0 Å². The number of carbonyl (C=O) groups is 1. The van der Waals surface area contributed by atoms with Gasteiger partial charge in [-0.3, -0.25) is 4.79 Å². The minimum atomic E-state index is 0.0226. The lowest BCUT2D eigenvalue weighted by atomic mass is 10.1. The molecule has 0 radical (unpaired) electrons. The summed E-state index contributed by atoms with van der Waals surface area (Å²) in [5.74, 6) is 0.681. The third-order valence-corrected chi connectivity index (χ3v) is 4.52. The number of carbonyl (C=O) groups excluding carboxylic acids is 1. The Kier molecular flexibility index (Phi) is 5.26. The Morgan fingerprint density at radius 2 is 1.71 bits per heavy atom. The highest BCUT2D eigenvalue weighted by atomic mass is 35.5. The number of para-hydroxylation sites is 1. The third kappa shape index (κ3) is 4.01. The number of rotatable bonds is 4. The highest BCUT2D eigenvalue weighted by molar-refractivity contribution is 6.30. The van der Waals surface area contributed by atoms with Crippen LogP contribution >= 0.6 is 11.6 Å². The minimum Gasteiger partial charge on any atom is -0.484 e. The molecule has 0 N–H and O–H groups in total. The van der Waals surface area contributed by atoms with E-state index in [0.717, 1.165) is 26.2 Å². The maximum atomic E-state index is 12.3. The Balaban J connectivity index is 1.50. The number of piperazine rings is 1. The molecule has 0 saturated carbocycles. The van der Waals surface area contributed by atoms with Crippen molar-refractivity contribution in [2.45, 2.75) is 6.92 Å². The fourth-order valence-electron chi connectivity index (χ4n) is 2.88. The van der Waals surface area contributed by atoms with Gasteiger partial charge in [0.2, 0.25) is 0 Å². The van der Waals surface area contributed by atoms with Crippen LogP contribution in [0.25, 0.3) is 0 Å². The van der Waals surface area contributed by atoms with Gasteiger partial charge in [0.15, 0.2) is 6.61 Å². The van der Waals surface area contributed by atoms with Gasteiger partial charge in [0.1, 0.15) is 5.75 Å². The number of ether oxygens (including phenoxy) is 1. The van der Waals surface area contributed by atoms with Crippen molar-refractivity contribution >= 4 is 23.2 Å². The van der Waals surface area contributed by atoms with Crippen LogP contribution in [0.2, 0.25) is 5.02 Å². The zero-order valence-corrected chi connectivity index (χ0v) is 14.5. The van der Waals surface area contributed by atoms with Crippen LogP contribution < -0.4 is 9.64 Å². The summed E-state index contributed by atoms with van der Waals surface area (Å²) in [5, 5.41) is 0.654. The van der Waals surface area contributed by atoms with Gasteiger partial charge >= 0.3 is 0 Å². The van der Waals surface area contributed by atoms with Crippen molar-refractivity contribution in [3.8, 4) is 5.75 Å². The van der Waals surface area contributed by atoms with Crippen LogP contribution in [0.15, 0.2) is 48.5 Å². The van der Waals surface area contributed by atoms with Crippen molar-refractivity contribution in [1.82, 2.24) is 4.90 Å². The zero-order valence-electron chi connectivity index (χ0n) is 13.7. The first-order valence-electron chi connectivity index (χ1n) is 8.10. The van der Waals surface area contributed by atoms with Crippen molar-refractivity contribution in [1.29, 1.82) is 0 Å². The highest BCUT2D eigenvalue weighted by Crippen LogP contribution is 2.21. The van der Waals surface area contributed by atoms with Crippen LogP contribution in [0, 0.1) is 6.92 Å². The van der Waals surface area contributed by atoms with Gasteiger partial charge in [-0.25, -0.2) is 0 Å². The average molecular weight is 345 g/mol. The molecule has 1 aliphatic rings. The minimum absolute atomic E-state index is 0.0226. The fraction of sp³-hybridized carbons (Fsp3) is 0.316. The maximum absolute atomic E-state index is 12.3. The summed E-state index contributed by atoms with van der Waals surface area (Å²) in [4.78, 5) is 16.5. The van der Waals surface area contributed by atoms with E-state index in [1.54, 1.807) is 24.3 Å². The second kappa shape index (κ2) is 7.58. The smallest absolute Gasteiger partial charge is 0.260 e. The first-order valence-corrected chi connectivity index (χ1v) is 8.48. The summed E-state index contributed by atoms with van der Waals surface area (Å²) < 4.78 is 5.54. The predicted octanol–water partition coefficient (Wildman–Crippen LogP) is 3.38. The molecule has 0 spiro atoms. The summed E-state index contributed by atoms with van der Waals surface area (Å²) in [5.41, 5.74) is 2.52. The number of hydrogen-bond acceptors (Lipinski definition) is 3. The first kappa shape index (κ1) is 16.7. The summed E-state index contributed by atoms with van der Waals surface area (Å²) in [6.07, 6.45) is 0. The van der Waals surface area contributed by atoms with Gasteiger partial charge in [0.05, 0.1) is 0 Å². The van der Waals surface area contributed by atoms with Crippen molar-refractivity contribution in [2.75, 3.05) is 37.7 Å². The maximum Gasteiger partial charge on any atom is 0.260 e.